The number of aromatic carboxylic acids is 1. The molecule has 0 saturated carbocycles. The Bertz CT molecular complexity index is 634. The highest BCUT2D eigenvalue weighted by atomic mass is 35.5. The average Bonchev–Trinajstić information content (AvgIpc) is 2.54. The summed E-state index contributed by atoms with van der Waals surface area (Å²) >= 11 is 5.80. The van der Waals surface area contributed by atoms with E-state index in [1.54, 1.807) is 24.5 Å². The predicted molar refractivity (Wildman–Crippen MR) is 67.2 cm³/mol. The first-order chi connectivity index (χ1) is 8.41. The Labute approximate surface area is 108 Å². The molecule has 0 fully saturated rings. The number of carbonyl (C=O) groups is 1. The smallest absolute Gasteiger partial charge is 0.337 e. The average molecular weight is 268 g/mol. The van der Waals surface area contributed by atoms with E-state index < -0.39 is 5.97 Å². The van der Waals surface area contributed by atoms with Gasteiger partial charge in [-0.2, -0.15) is 0 Å². The molecular formula is C13H11ClFNO2. The lowest BCUT2D eigenvalue weighted by Crippen LogP contribution is -2.03. The highest BCUT2D eigenvalue weighted by Gasteiger charge is 2.14. The van der Waals surface area contributed by atoms with Gasteiger partial charge in [-0.3, -0.25) is 0 Å². The standard InChI is InChI=1S/C13H11ClFNO2/c1-7-5-12(15)8(2)16(7)9-3-4-11(14)10(6-9)13(17)18/h3-6H,1-2H3,(H,17,18). The van der Waals surface area contributed by atoms with Crippen LogP contribution in [0.15, 0.2) is 24.3 Å². The van der Waals surface area contributed by atoms with E-state index in [0.29, 0.717) is 17.1 Å². The van der Waals surface area contributed by atoms with Crippen LogP contribution < -0.4 is 0 Å². The summed E-state index contributed by atoms with van der Waals surface area (Å²) in [6, 6.07) is 6.00. The Morgan fingerprint density at radius 1 is 1.33 bits per heavy atom. The topological polar surface area (TPSA) is 42.2 Å². The second kappa shape index (κ2) is 4.46. The normalized spacial score (nSPS) is 10.7. The van der Waals surface area contributed by atoms with E-state index in [1.807, 2.05) is 0 Å². The maximum Gasteiger partial charge on any atom is 0.337 e. The van der Waals surface area contributed by atoms with Gasteiger partial charge in [0, 0.05) is 11.4 Å². The van der Waals surface area contributed by atoms with Crippen molar-refractivity contribution in [3.63, 3.8) is 0 Å². The molecule has 5 heteroatoms. The van der Waals surface area contributed by atoms with Gasteiger partial charge in [0.1, 0.15) is 5.82 Å². The molecule has 1 aromatic heterocycles. The molecule has 1 aromatic carbocycles. The summed E-state index contributed by atoms with van der Waals surface area (Å²) in [4.78, 5) is 11.0. The van der Waals surface area contributed by atoms with E-state index in [-0.39, 0.29) is 16.4 Å². The zero-order valence-corrected chi connectivity index (χ0v) is 10.6. The molecule has 0 bridgehead atoms. The quantitative estimate of drug-likeness (QED) is 0.904. The molecule has 2 aromatic rings. The highest BCUT2D eigenvalue weighted by molar-refractivity contribution is 6.33. The fourth-order valence-electron chi connectivity index (χ4n) is 1.94. The molecule has 2 rings (SSSR count). The van der Waals surface area contributed by atoms with Gasteiger partial charge in [-0.05, 0) is 38.1 Å². The molecule has 0 spiro atoms. The zero-order valence-electron chi connectivity index (χ0n) is 9.87. The van der Waals surface area contributed by atoms with E-state index in [4.69, 9.17) is 16.7 Å². The van der Waals surface area contributed by atoms with Crippen LogP contribution in [-0.2, 0) is 0 Å². The molecule has 0 aliphatic heterocycles. The summed E-state index contributed by atoms with van der Waals surface area (Å²) in [6.45, 7) is 3.39. The number of aryl methyl sites for hydroxylation is 1. The largest absolute Gasteiger partial charge is 0.478 e. The van der Waals surface area contributed by atoms with Crippen molar-refractivity contribution in [2.45, 2.75) is 13.8 Å². The monoisotopic (exact) mass is 267 g/mol. The van der Waals surface area contributed by atoms with E-state index in [0.717, 1.165) is 0 Å². The van der Waals surface area contributed by atoms with Crippen LogP contribution in [0.25, 0.3) is 5.69 Å². The lowest BCUT2D eigenvalue weighted by atomic mass is 10.2. The van der Waals surface area contributed by atoms with Gasteiger partial charge in [-0.1, -0.05) is 11.6 Å². The van der Waals surface area contributed by atoms with E-state index in [2.05, 4.69) is 0 Å². The molecule has 94 valence electrons. The summed E-state index contributed by atoms with van der Waals surface area (Å²) < 4.78 is 15.1. The van der Waals surface area contributed by atoms with Gasteiger partial charge in [-0.25, -0.2) is 9.18 Å². The van der Waals surface area contributed by atoms with Crippen LogP contribution in [0.4, 0.5) is 4.39 Å². The minimum Gasteiger partial charge on any atom is -0.478 e. The van der Waals surface area contributed by atoms with Crippen molar-refractivity contribution in [2.24, 2.45) is 0 Å². The third-order valence-corrected chi connectivity index (χ3v) is 3.14. The van der Waals surface area contributed by atoms with E-state index in [9.17, 15) is 9.18 Å². The summed E-state index contributed by atoms with van der Waals surface area (Å²) in [5.74, 6) is -1.43. The number of rotatable bonds is 2. The van der Waals surface area contributed by atoms with Crippen LogP contribution >= 0.6 is 11.6 Å². The number of halogens is 2. The number of carboxylic acids is 1. The lowest BCUT2D eigenvalue weighted by molar-refractivity contribution is 0.0697. The minimum atomic E-state index is -1.11. The second-order valence-electron chi connectivity index (χ2n) is 4.02. The molecule has 0 atom stereocenters. The Morgan fingerprint density at radius 2 is 2.00 bits per heavy atom. The van der Waals surface area contributed by atoms with Crippen LogP contribution in [0.1, 0.15) is 21.7 Å². The first-order valence-electron chi connectivity index (χ1n) is 5.29. The molecule has 3 nitrogen and oxygen atoms in total. The molecule has 0 radical (unpaired) electrons. The number of nitrogens with zero attached hydrogens (tertiary/aromatic N) is 1. The summed E-state index contributed by atoms with van der Waals surface area (Å²) in [7, 11) is 0. The van der Waals surface area contributed by atoms with Crippen molar-refractivity contribution in [1.82, 2.24) is 4.57 Å². The molecule has 0 saturated heterocycles. The van der Waals surface area contributed by atoms with Crippen LogP contribution in [-0.4, -0.2) is 15.6 Å². The Kier molecular flexibility index (Phi) is 3.13. The van der Waals surface area contributed by atoms with E-state index >= 15 is 0 Å². The van der Waals surface area contributed by atoms with Gasteiger partial charge in [0.05, 0.1) is 16.3 Å². The first-order valence-corrected chi connectivity index (χ1v) is 5.67. The van der Waals surface area contributed by atoms with Crippen molar-refractivity contribution >= 4 is 17.6 Å². The summed E-state index contributed by atoms with van der Waals surface area (Å²) in [5.41, 5.74) is 1.72. The number of hydrogen-bond donors (Lipinski definition) is 1. The van der Waals surface area contributed by atoms with E-state index in [1.165, 1.54) is 18.2 Å². The molecule has 0 aliphatic carbocycles. The third kappa shape index (κ3) is 1.99. The molecule has 18 heavy (non-hydrogen) atoms. The summed E-state index contributed by atoms with van der Waals surface area (Å²) in [5, 5.41) is 9.17. The second-order valence-corrected chi connectivity index (χ2v) is 4.43. The van der Waals surface area contributed by atoms with Crippen molar-refractivity contribution in [2.75, 3.05) is 0 Å². The predicted octanol–water partition coefficient (Wildman–Crippen LogP) is 3.58. The Balaban J connectivity index is 2.65. The highest BCUT2D eigenvalue weighted by Crippen LogP contribution is 2.24. The number of aromatic nitrogens is 1. The molecule has 0 unspecified atom stereocenters. The van der Waals surface area contributed by atoms with Gasteiger partial charge >= 0.3 is 5.97 Å². The van der Waals surface area contributed by atoms with Crippen molar-refractivity contribution in [1.29, 1.82) is 0 Å². The molecule has 1 N–H and O–H groups in total. The minimum absolute atomic E-state index is 0.00192. The van der Waals surface area contributed by atoms with Crippen molar-refractivity contribution < 1.29 is 14.3 Å². The first kappa shape index (κ1) is 12.6. The van der Waals surface area contributed by atoms with Crippen LogP contribution in [0.3, 0.4) is 0 Å². The number of carboxylic acid groups (broad SMARTS) is 1. The maximum absolute atomic E-state index is 13.5. The van der Waals surface area contributed by atoms with Gasteiger partial charge in [0.25, 0.3) is 0 Å². The van der Waals surface area contributed by atoms with Crippen LogP contribution in [0, 0.1) is 19.7 Å². The molecule has 0 aliphatic rings. The SMILES string of the molecule is Cc1cc(F)c(C)n1-c1ccc(Cl)c(C(=O)O)c1. The molecular weight excluding hydrogens is 257 g/mol. The summed E-state index contributed by atoms with van der Waals surface area (Å²) in [6.07, 6.45) is 0. The Hall–Kier alpha value is -1.81. The van der Waals surface area contributed by atoms with Gasteiger partial charge in [-0.15, -0.1) is 0 Å². The fraction of sp³-hybridized carbons (Fsp3) is 0.154. The van der Waals surface area contributed by atoms with Gasteiger partial charge in [0.15, 0.2) is 0 Å². The van der Waals surface area contributed by atoms with Gasteiger partial charge < -0.3 is 9.67 Å². The fourth-order valence-corrected chi connectivity index (χ4v) is 2.14. The van der Waals surface area contributed by atoms with Crippen molar-refractivity contribution in [3.05, 3.63) is 52.1 Å². The van der Waals surface area contributed by atoms with Gasteiger partial charge in [0.2, 0.25) is 0 Å². The van der Waals surface area contributed by atoms with Crippen LogP contribution in [0.5, 0.6) is 0 Å². The number of benzene rings is 1. The third-order valence-electron chi connectivity index (χ3n) is 2.81. The molecule has 1 heterocycles. The van der Waals surface area contributed by atoms with Crippen LogP contribution in [0.2, 0.25) is 5.02 Å². The van der Waals surface area contributed by atoms with Crippen molar-refractivity contribution in [3.8, 4) is 5.69 Å². The zero-order chi connectivity index (χ0) is 13.4. The molecule has 0 amide bonds. The number of hydrogen-bond acceptors (Lipinski definition) is 1. The lowest BCUT2D eigenvalue weighted by Gasteiger charge is -2.10. The maximum atomic E-state index is 13.5. The Morgan fingerprint density at radius 3 is 2.50 bits per heavy atom.